The topological polar surface area (TPSA) is 156 Å². The van der Waals surface area contributed by atoms with Crippen molar-refractivity contribution >= 4 is 31.6 Å². The standard InChI is InChI=1S/C45H62NO14P/c1-12-24-54-61(49,55-25-13-2)56-26-23-46(43(48)60-44(5,6)7)35-27-34-15-14-16-38-41(59-45(8,9)58-38)37(52-29-33-18-20-36(51-11)21-19-33)22-17-31(3)32(4)57-42(47)40(34)39(28-35)53-30-50-10/h12-15,17-22,27-28,31-32,37-38,41H,1-2,16,23-26,29-30H2,3-11H3/t31-,32+,37-,38+,41-/m1/s1. The molecule has 61 heavy (non-hydrogen) atoms. The van der Waals surface area contributed by atoms with E-state index in [0.717, 1.165) is 11.3 Å². The first-order valence-electron chi connectivity index (χ1n) is 20.1. The number of amides is 1. The van der Waals surface area contributed by atoms with Crippen LogP contribution in [0.3, 0.4) is 0 Å². The highest BCUT2D eigenvalue weighted by Gasteiger charge is 2.44. The van der Waals surface area contributed by atoms with Crippen LogP contribution in [0.2, 0.25) is 0 Å². The van der Waals surface area contributed by atoms with E-state index < -0.39 is 55.7 Å². The van der Waals surface area contributed by atoms with E-state index >= 15 is 0 Å². The second-order valence-corrected chi connectivity index (χ2v) is 17.5. The number of phosphoric ester groups is 1. The maximum Gasteiger partial charge on any atom is 0.475 e. The molecular formula is C45H62NO14P. The Labute approximate surface area is 360 Å². The highest BCUT2D eigenvalue weighted by atomic mass is 31.2. The molecule has 0 N–H and O–H groups in total. The molecule has 2 aromatic rings. The van der Waals surface area contributed by atoms with Crippen LogP contribution in [0.4, 0.5) is 10.5 Å². The molecule has 0 bridgehead atoms. The average Bonchev–Trinajstić information content (AvgIpc) is 3.52. The van der Waals surface area contributed by atoms with E-state index in [1.807, 2.05) is 63.3 Å². The van der Waals surface area contributed by atoms with Gasteiger partial charge >= 0.3 is 19.9 Å². The van der Waals surface area contributed by atoms with Crippen LogP contribution in [-0.2, 0) is 53.2 Å². The molecule has 0 aromatic heterocycles. The number of anilines is 1. The van der Waals surface area contributed by atoms with Gasteiger partial charge in [-0.15, -0.1) is 13.2 Å². The average molecular weight is 872 g/mol. The van der Waals surface area contributed by atoms with Gasteiger partial charge in [0.2, 0.25) is 0 Å². The molecule has 2 aromatic carbocycles. The number of carbonyl (C=O) groups is 2. The Balaban J connectivity index is 1.78. The lowest BCUT2D eigenvalue weighted by Gasteiger charge is -2.29. The molecule has 0 saturated carbocycles. The summed E-state index contributed by atoms with van der Waals surface area (Å²) < 4.78 is 77.6. The number of methoxy groups -OCH3 is 2. The van der Waals surface area contributed by atoms with Crippen LogP contribution < -0.4 is 14.4 Å². The van der Waals surface area contributed by atoms with Gasteiger partial charge in [-0.25, -0.2) is 14.2 Å². The lowest BCUT2D eigenvalue weighted by atomic mass is 9.98. The Bertz CT molecular complexity index is 1870. The zero-order valence-electron chi connectivity index (χ0n) is 36.8. The van der Waals surface area contributed by atoms with Gasteiger partial charge in [0.1, 0.15) is 41.0 Å². The molecule has 1 fully saturated rings. The van der Waals surface area contributed by atoms with Gasteiger partial charge < -0.3 is 37.9 Å². The molecule has 0 aliphatic carbocycles. The first-order chi connectivity index (χ1) is 28.9. The van der Waals surface area contributed by atoms with Crippen molar-refractivity contribution in [2.75, 3.05) is 52.3 Å². The Morgan fingerprint density at radius 2 is 1.69 bits per heavy atom. The maximum atomic E-state index is 14.2. The number of cyclic esters (lactones) is 1. The Hall–Kier alpha value is -4.31. The molecule has 1 saturated heterocycles. The first kappa shape index (κ1) is 49.3. The first-order valence-corrected chi connectivity index (χ1v) is 21.6. The molecule has 0 unspecified atom stereocenters. The van der Waals surface area contributed by atoms with Crippen LogP contribution in [0.25, 0.3) is 6.08 Å². The molecule has 336 valence electrons. The lowest BCUT2D eigenvalue weighted by Crippen LogP contribution is -2.39. The van der Waals surface area contributed by atoms with Gasteiger partial charge in [0, 0.05) is 19.1 Å². The predicted molar refractivity (Wildman–Crippen MR) is 231 cm³/mol. The largest absolute Gasteiger partial charge is 0.497 e. The van der Waals surface area contributed by atoms with Crippen molar-refractivity contribution in [3.8, 4) is 11.5 Å². The van der Waals surface area contributed by atoms with E-state index in [1.165, 1.54) is 30.2 Å². The van der Waals surface area contributed by atoms with Gasteiger partial charge in [-0.1, -0.05) is 55.5 Å². The fraction of sp³-hybridized carbons (Fsp3) is 0.511. The zero-order valence-corrected chi connectivity index (χ0v) is 37.7. The van der Waals surface area contributed by atoms with E-state index in [9.17, 15) is 14.2 Å². The molecule has 16 heteroatoms. The second-order valence-electron chi connectivity index (χ2n) is 15.8. The van der Waals surface area contributed by atoms with Gasteiger partial charge in [0.25, 0.3) is 0 Å². The van der Waals surface area contributed by atoms with Gasteiger partial charge in [-0.3, -0.25) is 18.5 Å². The second kappa shape index (κ2) is 22.7. The minimum atomic E-state index is -4.09. The van der Waals surface area contributed by atoms with E-state index in [0.29, 0.717) is 18.6 Å². The summed E-state index contributed by atoms with van der Waals surface area (Å²) in [5, 5.41) is 0. The molecule has 0 radical (unpaired) electrons. The molecule has 4 rings (SSSR count). The highest BCUT2D eigenvalue weighted by molar-refractivity contribution is 7.48. The number of esters is 1. The summed E-state index contributed by atoms with van der Waals surface area (Å²) in [4.78, 5) is 29.4. The minimum absolute atomic E-state index is 0.0710. The molecule has 2 aliphatic rings. The van der Waals surface area contributed by atoms with Crippen molar-refractivity contribution in [2.24, 2.45) is 5.92 Å². The van der Waals surface area contributed by atoms with Crippen LogP contribution in [0, 0.1) is 5.92 Å². The number of hydrogen-bond acceptors (Lipinski definition) is 14. The molecular weight excluding hydrogens is 809 g/mol. The number of phosphoric acid groups is 1. The molecule has 1 amide bonds. The summed E-state index contributed by atoms with van der Waals surface area (Å²) in [6, 6.07) is 10.8. The van der Waals surface area contributed by atoms with Crippen LogP contribution in [0.15, 0.2) is 79.9 Å². The van der Waals surface area contributed by atoms with Gasteiger partial charge in [-0.05, 0) is 77.3 Å². The smallest absolute Gasteiger partial charge is 0.475 e. The monoisotopic (exact) mass is 871 g/mol. The Kier molecular flexibility index (Phi) is 18.4. The van der Waals surface area contributed by atoms with Crippen LogP contribution in [0.5, 0.6) is 11.5 Å². The molecule has 2 heterocycles. The predicted octanol–water partition coefficient (Wildman–Crippen LogP) is 9.21. The lowest BCUT2D eigenvalue weighted by molar-refractivity contribution is -0.156. The summed E-state index contributed by atoms with van der Waals surface area (Å²) in [7, 11) is -1.03. The minimum Gasteiger partial charge on any atom is -0.497 e. The number of benzene rings is 2. The summed E-state index contributed by atoms with van der Waals surface area (Å²) in [6.07, 6.45) is 7.74. The van der Waals surface area contributed by atoms with E-state index in [4.69, 9.17) is 51.5 Å². The van der Waals surface area contributed by atoms with Crippen molar-refractivity contribution in [1.29, 1.82) is 0 Å². The van der Waals surface area contributed by atoms with Crippen molar-refractivity contribution in [2.45, 2.75) is 97.3 Å². The third-order valence-corrected chi connectivity index (χ3v) is 10.7. The van der Waals surface area contributed by atoms with Gasteiger partial charge in [0.05, 0.1) is 51.9 Å². The molecule has 15 nitrogen and oxygen atoms in total. The number of hydrogen-bond donors (Lipinski definition) is 0. The summed E-state index contributed by atoms with van der Waals surface area (Å²) in [5.41, 5.74) is 0.751. The van der Waals surface area contributed by atoms with Crippen LogP contribution >= 0.6 is 7.82 Å². The van der Waals surface area contributed by atoms with E-state index in [2.05, 4.69) is 13.2 Å². The van der Waals surface area contributed by atoms with Gasteiger partial charge in [-0.2, -0.15) is 0 Å². The fourth-order valence-corrected chi connectivity index (χ4v) is 7.36. The Morgan fingerprint density at radius 1 is 1.00 bits per heavy atom. The Morgan fingerprint density at radius 3 is 2.31 bits per heavy atom. The third-order valence-electron chi connectivity index (χ3n) is 9.30. The number of carbonyl (C=O) groups excluding carboxylic acids is 2. The normalized spacial score (nSPS) is 21.7. The molecule has 2 aliphatic heterocycles. The van der Waals surface area contributed by atoms with Crippen molar-refractivity contribution < 1.29 is 65.6 Å². The van der Waals surface area contributed by atoms with Gasteiger partial charge in [0.15, 0.2) is 12.6 Å². The number of fused-ring (bicyclic) bond motifs is 2. The SMILES string of the molecule is C=CCOP(=O)(OCC=C)OCCN(C(=O)OC(C)(C)C)c1cc2c(c(OCOC)c1)C(=O)O[C@@H](C)[C@H](C)C=C[C@@H](OCc1ccc(OC)cc1)[C@H]1OC(C)(C)O[C@H]1CC=C2. The fourth-order valence-electron chi connectivity index (χ4n) is 6.25. The third kappa shape index (κ3) is 14.9. The summed E-state index contributed by atoms with van der Waals surface area (Å²) in [6.45, 7) is 19.1. The van der Waals surface area contributed by atoms with Crippen LogP contribution in [-0.4, -0.2) is 95.2 Å². The van der Waals surface area contributed by atoms with E-state index in [-0.39, 0.29) is 56.1 Å². The summed E-state index contributed by atoms with van der Waals surface area (Å²) in [5.74, 6) is -1.05. The zero-order chi connectivity index (χ0) is 44.8. The van der Waals surface area contributed by atoms with Crippen molar-refractivity contribution in [1.82, 2.24) is 0 Å². The maximum absolute atomic E-state index is 14.2. The van der Waals surface area contributed by atoms with Crippen molar-refractivity contribution in [3.63, 3.8) is 0 Å². The summed E-state index contributed by atoms with van der Waals surface area (Å²) >= 11 is 0. The highest BCUT2D eigenvalue weighted by Crippen LogP contribution is 2.49. The molecule has 0 spiro atoms. The molecule has 5 atom stereocenters. The number of nitrogens with zero attached hydrogens (tertiary/aromatic N) is 1. The van der Waals surface area contributed by atoms with E-state index in [1.54, 1.807) is 46.9 Å². The van der Waals surface area contributed by atoms with Crippen molar-refractivity contribution in [3.05, 3.63) is 96.6 Å². The number of ether oxygens (including phenoxy) is 8. The quantitative estimate of drug-likeness (QED) is 0.0605. The number of rotatable bonds is 18. The van der Waals surface area contributed by atoms with Crippen LogP contribution in [0.1, 0.15) is 76.4 Å².